The largest absolute Gasteiger partial charge is 0.337 e. The molecule has 0 aliphatic carbocycles. The van der Waals surface area contributed by atoms with Gasteiger partial charge in [-0.1, -0.05) is 47.5 Å². The summed E-state index contributed by atoms with van der Waals surface area (Å²) >= 11 is 12.2. The predicted molar refractivity (Wildman–Crippen MR) is 96.5 cm³/mol. The van der Waals surface area contributed by atoms with Gasteiger partial charge in [0.1, 0.15) is 0 Å². The van der Waals surface area contributed by atoms with Crippen molar-refractivity contribution in [2.24, 2.45) is 0 Å². The van der Waals surface area contributed by atoms with Gasteiger partial charge in [-0.05, 0) is 29.3 Å². The first-order valence-corrected chi connectivity index (χ1v) is 9.44. The van der Waals surface area contributed by atoms with Crippen LogP contribution in [-0.2, 0) is 23.1 Å². The summed E-state index contributed by atoms with van der Waals surface area (Å²) in [6, 6.07) is 12.6. The van der Waals surface area contributed by atoms with Crippen LogP contribution in [0.25, 0.3) is 0 Å². The van der Waals surface area contributed by atoms with Gasteiger partial charge in [-0.15, -0.1) is 0 Å². The van der Waals surface area contributed by atoms with E-state index in [4.69, 9.17) is 23.2 Å². The molecule has 0 aromatic heterocycles. The zero-order chi connectivity index (χ0) is 17.0. The van der Waals surface area contributed by atoms with Gasteiger partial charge in [0.15, 0.2) is 0 Å². The summed E-state index contributed by atoms with van der Waals surface area (Å²) in [6.45, 7) is 0.363. The third kappa shape index (κ3) is 4.80. The van der Waals surface area contributed by atoms with Gasteiger partial charge in [0.05, 0.1) is 10.0 Å². The molecule has 2 aromatic carbocycles. The second-order valence-electron chi connectivity index (χ2n) is 5.29. The average Bonchev–Trinajstić information content (AvgIpc) is 2.50. The van der Waals surface area contributed by atoms with Crippen LogP contribution in [0.5, 0.6) is 0 Å². The summed E-state index contributed by atoms with van der Waals surface area (Å²) in [5.74, 6) is 0.315. The number of amides is 1. The third-order valence-electron chi connectivity index (χ3n) is 3.33. The van der Waals surface area contributed by atoms with E-state index in [1.165, 1.54) is 0 Å². The zero-order valence-electron chi connectivity index (χ0n) is 12.9. The van der Waals surface area contributed by atoms with Gasteiger partial charge in [0.2, 0.25) is 0 Å². The van der Waals surface area contributed by atoms with Crippen molar-refractivity contribution in [2.75, 3.05) is 13.3 Å². The molecule has 1 amide bonds. The number of hydrogen-bond donors (Lipinski definition) is 0. The Labute approximate surface area is 148 Å². The summed E-state index contributed by atoms with van der Waals surface area (Å²) in [4.78, 5) is 14.1. The highest BCUT2D eigenvalue weighted by Crippen LogP contribution is 2.26. The predicted octanol–water partition coefficient (Wildman–Crippen LogP) is 4.14. The zero-order valence-corrected chi connectivity index (χ0v) is 15.2. The van der Waals surface area contributed by atoms with Crippen LogP contribution in [0.2, 0.25) is 10.0 Å². The van der Waals surface area contributed by atoms with E-state index in [1.54, 1.807) is 48.5 Å². The highest BCUT2D eigenvalue weighted by atomic mass is 35.5. The Bertz CT molecular complexity index is 749. The van der Waals surface area contributed by atoms with E-state index in [1.807, 2.05) is 12.1 Å². The maximum Gasteiger partial charge on any atom is 0.253 e. The monoisotopic (exact) mass is 369 g/mol. The first kappa shape index (κ1) is 18.0. The molecule has 6 heteroatoms. The van der Waals surface area contributed by atoms with Crippen LogP contribution in [0.3, 0.4) is 0 Å². The fourth-order valence-electron chi connectivity index (χ4n) is 2.25. The molecule has 0 spiro atoms. The molecule has 23 heavy (non-hydrogen) atoms. The summed E-state index contributed by atoms with van der Waals surface area (Å²) in [7, 11) is 0.770. The van der Waals surface area contributed by atoms with Crippen LogP contribution in [0, 0.1) is 0 Å². The van der Waals surface area contributed by atoms with Crippen LogP contribution >= 0.6 is 23.2 Å². The molecule has 3 nitrogen and oxygen atoms in total. The lowest BCUT2D eigenvalue weighted by Crippen LogP contribution is -2.26. The third-order valence-corrected chi connectivity index (χ3v) is 4.93. The molecule has 0 radical (unpaired) electrons. The average molecular weight is 370 g/mol. The lowest BCUT2D eigenvalue weighted by molar-refractivity contribution is 0.0785. The maximum absolute atomic E-state index is 12.6. The highest BCUT2D eigenvalue weighted by molar-refractivity contribution is 7.83. The highest BCUT2D eigenvalue weighted by Gasteiger charge is 2.15. The molecule has 0 aliphatic heterocycles. The fraction of sp³-hybridized carbons (Fsp3) is 0.235. The van der Waals surface area contributed by atoms with Gasteiger partial charge in [-0.25, -0.2) is 0 Å². The van der Waals surface area contributed by atoms with Crippen molar-refractivity contribution in [2.45, 2.75) is 12.3 Å². The summed E-state index contributed by atoms with van der Waals surface area (Å²) in [6.07, 6.45) is 1.64. The van der Waals surface area contributed by atoms with Crippen LogP contribution < -0.4 is 0 Å². The number of carbonyl (C=O) groups excluding carboxylic acids is 1. The van der Waals surface area contributed by atoms with Crippen molar-refractivity contribution in [1.82, 2.24) is 4.90 Å². The van der Waals surface area contributed by atoms with E-state index in [9.17, 15) is 9.00 Å². The Kier molecular flexibility index (Phi) is 6.22. The minimum Gasteiger partial charge on any atom is -0.337 e. The SMILES string of the molecule is CN(Cc1cccc(Cl)c1Cl)C(=O)c1cccc(C[S@](C)=O)c1. The molecule has 0 fully saturated rings. The molecule has 0 saturated carbocycles. The molecule has 2 aromatic rings. The van der Waals surface area contributed by atoms with Gasteiger partial charge in [-0.3, -0.25) is 9.00 Å². The molecule has 0 aliphatic rings. The fourth-order valence-corrected chi connectivity index (χ4v) is 3.28. The number of rotatable bonds is 5. The van der Waals surface area contributed by atoms with Crippen molar-refractivity contribution < 1.29 is 9.00 Å². The lowest BCUT2D eigenvalue weighted by Gasteiger charge is -2.19. The van der Waals surface area contributed by atoms with Gasteiger partial charge in [0, 0.05) is 42.0 Å². The molecular formula is C17H17Cl2NO2S. The van der Waals surface area contributed by atoms with Gasteiger partial charge in [-0.2, -0.15) is 0 Å². The molecule has 0 bridgehead atoms. The van der Waals surface area contributed by atoms with Crippen LogP contribution in [0.15, 0.2) is 42.5 Å². The Morgan fingerprint density at radius 3 is 2.57 bits per heavy atom. The minimum atomic E-state index is -0.943. The van der Waals surface area contributed by atoms with E-state index in [0.29, 0.717) is 27.9 Å². The van der Waals surface area contributed by atoms with E-state index >= 15 is 0 Å². The van der Waals surface area contributed by atoms with Crippen molar-refractivity contribution in [3.05, 3.63) is 69.2 Å². The minimum absolute atomic E-state index is 0.121. The molecule has 0 heterocycles. The first-order valence-electron chi connectivity index (χ1n) is 6.96. The Balaban J connectivity index is 2.16. The van der Waals surface area contributed by atoms with Gasteiger partial charge in [0.25, 0.3) is 5.91 Å². The standard InChI is InChI=1S/C17H17Cl2NO2S/c1-20(10-14-7-4-8-15(18)16(14)19)17(21)13-6-3-5-12(9-13)11-23(2)22/h3-9H,10-11H2,1-2H3/t23-/m0/s1. The first-order chi connectivity index (χ1) is 10.9. The Hall–Kier alpha value is -1.36. The number of halogens is 2. The van der Waals surface area contributed by atoms with Crippen LogP contribution in [0.1, 0.15) is 21.5 Å². The number of carbonyl (C=O) groups is 1. The van der Waals surface area contributed by atoms with E-state index in [0.717, 1.165) is 11.1 Å². The maximum atomic E-state index is 12.6. The lowest BCUT2D eigenvalue weighted by atomic mass is 10.1. The summed E-state index contributed by atoms with van der Waals surface area (Å²) < 4.78 is 11.3. The Morgan fingerprint density at radius 2 is 1.87 bits per heavy atom. The second kappa shape index (κ2) is 7.95. The van der Waals surface area contributed by atoms with Crippen molar-refractivity contribution in [3.8, 4) is 0 Å². The van der Waals surface area contributed by atoms with E-state index in [2.05, 4.69) is 0 Å². The normalized spacial score (nSPS) is 12.0. The number of nitrogens with zero attached hydrogens (tertiary/aromatic N) is 1. The van der Waals surface area contributed by atoms with Gasteiger partial charge < -0.3 is 4.90 Å². The second-order valence-corrected chi connectivity index (χ2v) is 7.51. The van der Waals surface area contributed by atoms with E-state index in [-0.39, 0.29) is 5.91 Å². The summed E-state index contributed by atoms with van der Waals surface area (Å²) in [5.41, 5.74) is 2.24. The molecule has 0 saturated heterocycles. The van der Waals surface area contributed by atoms with E-state index < -0.39 is 10.8 Å². The van der Waals surface area contributed by atoms with Gasteiger partial charge >= 0.3 is 0 Å². The molecule has 0 N–H and O–H groups in total. The molecule has 0 unspecified atom stereocenters. The molecule has 122 valence electrons. The topological polar surface area (TPSA) is 37.4 Å². The van der Waals surface area contributed by atoms with Crippen molar-refractivity contribution in [1.29, 1.82) is 0 Å². The molecule has 1 atom stereocenters. The van der Waals surface area contributed by atoms with Crippen LogP contribution in [0.4, 0.5) is 0 Å². The quantitative estimate of drug-likeness (QED) is 0.793. The smallest absolute Gasteiger partial charge is 0.253 e. The number of benzene rings is 2. The van der Waals surface area contributed by atoms with Crippen LogP contribution in [-0.4, -0.2) is 28.3 Å². The van der Waals surface area contributed by atoms with Crippen molar-refractivity contribution >= 4 is 39.9 Å². The Morgan fingerprint density at radius 1 is 1.17 bits per heavy atom. The number of hydrogen-bond acceptors (Lipinski definition) is 2. The summed E-state index contributed by atoms with van der Waals surface area (Å²) in [5, 5.41) is 0.932. The van der Waals surface area contributed by atoms with Crippen molar-refractivity contribution in [3.63, 3.8) is 0 Å². The molecular weight excluding hydrogens is 353 g/mol. The molecule has 2 rings (SSSR count).